The molecule has 0 spiro atoms. The van der Waals surface area contributed by atoms with Crippen molar-refractivity contribution in [3.8, 4) is 0 Å². The first kappa shape index (κ1) is 19.6. The lowest BCUT2D eigenvalue weighted by Crippen LogP contribution is -2.46. The van der Waals surface area contributed by atoms with E-state index >= 15 is 0 Å². The van der Waals surface area contributed by atoms with E-state index in [4.69, 9.17) is 5.73 Å². The van der Waals surface area contributed by atoms with Crippen LogP contribution in [-0.2, 0) is 6.18 Å². The van der Waals surface area contributed by atoms with Gasteiger partial charge in [0.15, 0.2) is 0 Å². The molecule has 2 heterocycles. The molecule has 3 rings (SSSR count). The molecule has 2 aromatic rings. The van der Waals surface area contributed by atoms with Crippen molar-refractivity contribution in [2.45, 2.75) is 25.6 Å². The number of rotatable bonds is 3. The van der Waals surface area contributed by atoms with E-state index in [1.54, 1.807) is 25.4 Å². The minimum atomic E-state index is -4.89. The number of benzene rings is 1. The van der Waals surface area contributed by atoms with Gasteiger partial charge in [0.2, 0.25) is 5.95 Å². The largest absolute Gasteiger partial charge is 0.419 e. The highest BCUT2D eigenvalue weighted by molar-refractivity contribution is 5.95. The lowest BCUT2D eigenvalue weighted by atomic mass is 10.0. The summed E-state index contributed by atoms with van der Waals surface area (Å²) in [6, 6.07) is 3.64. The maximum atomic E-state index is 14.3. The summed E-state index contributed by atoms with van der Waals surface area (Å²) in [5.41, 5.74) is 4.90. The standard InChI is InChI=1S/C18H17F4N5O/c1-10-15(23)13(26-17-24-7-3-8-25-17)6-9-27(10)16(28)11-4-2-5-12(14(11)19)18(20,21)22/h2-5,7-8,10H,6,9,23H2,1H3,(H,24,25,26). The summed E-state index contributed by atoms with van der Waals surface area (Å²) in [7, 11) is 0. The molecule has 0 bridgehead atoms. The van der Waals surface area contributed by atoms with Gasteiger partial charge in [0.25, 0.3) is 5.91 Å². The molecule has 0 aliphatic carbocycles. The SMILES string of the molecule is CC1C(N)=C(Nc2ncccn2)CCN1C(=O)c1cccc(C(F)(F)F)c1F. The molecular formula is C18H17F4N5O. The van der Waals surface area contributed by atoms with Crippen molar-refractivity contribution in [2.75, 3.05) is 11.9 Å². The van der Waals surface area contributed by atoms with Crippen molar-refractivity contribution in [1.82, 2.24) is 14.9 Å². The molecule has 28 heavy (non-hydrogen) atoms. The Balaban J connectivity index is 1.85. The van der Waals surface area contributed by atoms with E-state index in [9.17, 15) is 22.4 Å². The summed E-state index contributed by atoms with van der Waals surface area (Å²) in [6.07, 6.45) is -1.50. The summed E-state index contributed by atoms with van der Waals surface area (Å²) < 4.78 is 53.1. The molecule has 6 nitrogen and oxygen atoms in total. The molecule has 3 N–H and O–H groups in total. The number of anilines is 1. The summed E-state index contributed by atoms with van der Waals surface area (Å²) in [5.74, 6) is -2.11. The zero-order valence-corrected chi connectivity index (χ0v) is 14.8. The predicted molar refractivity (Wildman–Crippen MR) is 93.4 cm³/mol. The van der Waals surface area contributed by atoms with E-state index in [2.05, 4.69) is 15.3 Å². The van der Waals surface area contributed by atoms with Gasteiger partial charge in [0, 0.05) is 31.1 Å². The Morgan fingerprint density at radius 1 is 1.25 bits per heavy atom. The Hall–Kier alpha value is -3.17. The molecule has 10 heteroatoms. The fraction of sp³-hybridized carbons (Fsp3) is 0.278. The smallest absolute Gasteiger partial charge is 0.399 e. The molecule has 0 fully saturated rings. The number of aromatic nitrogens is 2. The van der Waals surface area contributed by atoms with Gasteiger partial charge < -0.3 is 16.0 Å². The molecule has 1 aromatic heterocycles. The Morgan fingerprint density at radius 3 is 2.57 bits per heavy atom. The van der Waals surface area contributed by atoms with Crippen LogP contribution in [0.2, 0.25) is 0 Å². The average molecular weight is 395 g/mol. The third kappa shape index (κ3) is 3.75. The molecule has 1 unspecified atom stereocenters. The number of hydrogen-bond acceptors (Lipinski definition) is 5. The van der Waals surface area contributed by atoms with Crippen LogP contribution in [0.15, 0.2) is 48.1 Å². The Kier molecular flexibility index (Phi) is 5.21. The van der Waals surface area contributed by atoms with Gasteiger partial charge in [-0.15, -0.1) is 0 Å². The van der Waals surface area contributed by atoms with E-state index in [1.807, 2.05) is 0 Å². The lowest BCUT2D eigenvalue weighted by molar-refractivity contribution is -0.140. The first-order valence-electron chi connectivity index (χ1n) is 8.39. The number of nitrogens with zero attached hydrogens (tertiary/aromatic N) is 3. The van der Waals surface area contributed by atoms with E-state index in [0.717, 1.165) is 12.1 Å². The maximum Gasteiger partial charge on any atom is 0.419 e. The molecular weight excluding hydrogens is 378 g/mol. The summed E-state index contributed by atoms with van der Waals surface area (Å²) in [6.45, 7) is 1.76. The summed E-state index contributed by atoms with van der Waals surface area (Å²) in [5, 5.41) is 2.97. The molecule has 0 radical (unpaired) electrons. The number of hydrogen-bond donors (Lipinski definition) is 2. The van der Waals surface area contributed by atoms with Gasteiger partial charge >= 0.3 is 6.18 Å². The van der Waals surface area contributed by atoms with Crippen LogP contribution in [0.5, 0.6) is 0 Å². The second kappa shape index (κ2) is 7.45. The molecule has 1 amide bonds. The van der Waals surface area contributed by atoms with Gasteiger partial charge in [-0.3, -0.25) is 4.79 Å². The van der Waals surface area contributed by atoms with E-state index < -0.39 is 35.1 Å². The summed E-state index contributed by atoms with van der Waals surface area (Å²) in [4.78, 5) is 22.0. The highest BCUT2D eigenvalue weighted by Crippen LogP contribution is 2.33. The number of nitrogens with one attached hydrogen (secondary N) is 1. The van der Waals surface area contributed by atoms with Gasteiger partial charge in [0.05, 0.1) is 22.9 Å². The highest BCUT2D eigenvalue weighted by Gasteiger charge is 2.37. The van der Waals surface area contributed by atoms with Crippen molar-refractivity contribution in [3.63, 3.8) is 0 Å². The number of alkyl halides is 3. The van der Waals surface area contributed by atoms with Crippen molar-refractivity contribution < 1.29 is 22.4 Å². The third-order valence-corrected chi connectivity index (χ3v) is 4.49. The predicted octanol–water partition coefficient (Wildman–Crippen LogP) is 3.15. The normalized spacial score (nSPS) is 17.6. The van der Waals surface area contributed by atoms with Crippen LogP contribution in [-0.4, -0.2) is 33.4 Å². The quantitative estimate of drug-likeness (QED) is 0.780. The molecule has 1 aliphatic rings. The number of carbonyl (C=O) groups excluding carboxylic acids is 1. The number of halogens is 4. The summed E-state index contributed by atoms with van der Waals surface area (Å²) >= 11 is 0. The number of amides is 1. The van der Waals surface area contributed by atoms with Crippen LogP contribution in [0.1, 0.15) is 29.3 Å². The molecule has 1 atom stereocenters. The average Bonchev–Trinajstić information content (AvgIpc) is 2.65. The Bertz CT molecular complexity index is 914. The Morgan fingerprint density at radius 2 is 1.93 bits per heavy atom. The van der Waals surface area contributed by atoms with Gasteiger partial charge in [-0.2, -0.15) is 13.2 Å². The first-order valence-corrected chi connectivity index (χ1v) is 8.39. The van der Waals surface area contributed by atoms with E-state index in [-0.39, 0.29) is 6.54 Å². The lowest BCUT2D eigenvalue weighted by Gasteiger charge is -2.35. The van der Waals surface area contributed by atoms with Gasteiger partial charge in [-0.25, -0.2) is 14.4 Å². The van der Waals surface area contributed by atoms with Crippen LogP contribution in [0, 0.1) is 5.82 Å². The van der Waals surface area contributed by atoms with Crippen molar-refractivity contribution >= 4 is 11.9 Å². The van der Waals surface area contributed by atoms with Crippen molar-refractivity contribution in [2.24, 2.45) is 5.73 Å². The Labute approximate surface area is 158 Å². The van der Waals surface area contributed by atoms with E-state index in [1.165, 1.54) is 4.90 Å². The molecule has 0 saturated carbocycles. The minimum absolute atomic E-state index is 0.144. The van der Waals surface area contributed by atoms with Crippen LogP contribution in [0.25, 0.3) is 0 Å². The highest BCUT2D eigenvalue weighted by atomic mass is 19.4. The van der Waals surface area contributed by atoms with Gasteiger partial charge in [0.1, 0.15) is 5.82 Å². The zero-order valence-electron chi connectivity index (χ0n) is 14.8. The first-order chi connectivity index (χ1) is 13.2. The third-order valence-electron chi connectivity index (χ3n) is 4.49. The van der Waals surface area contributed by atoms with Gasteiger partial charge in [-0.05, 0) is 25.1 Å². The second-order valence-electron chi connectivity index (χ2n) is 6.22. The van der Waals surface area contributed by atoms with Gasteiger partial charge in [-0.1, -0.05) is 6.07 Å². The van der Waals surface area contributed by atoms with Crippen LogP contribution >= 0.6 is 0 Å². The number of nitrogens with two attached hydrogens (primary N) is 1. The van der Waals surface area contributed by atoms with Crippen LogP contribution in [0.4, 0.5) is 23.5 Å². The molecule has 148 valence electrons. The van der Waals surface area contributed by atoms with E-state index in [0.29, 0.717) is 29.8 Å². The van der Waals surface area contributed by atoms with Crippen LogP contribution < -0.4 is 11.1 Å². The molecule has 1 aliphatic heterocycles. The van der Waals surface area contributed by atoms with Crippen molar-refractivity contribution in [1.29, 1.82) is 0 Å². The fourth-order valence-corrected chi connectivity index (χ4v) is 2.97. The van der Waals surface area contributed by atoms with Crippen molar-refractivity contribution in [3.05, 3.63) is 65.0 Å². The maximum absolute atomic E-state index is 14.3. The number of carbonyl (C=O) groups is 1. The molecule has 0 saturated heterocycles. The zero-order chi connectivity index (χ0) is 20.5. The van der Waals surface area contributed by atoms with Crippen LogP contribution in [0.3, 0.4) is 0 Å². The molecule has 1 aromatic carbocycles. The second-order valence-corrected chi connectivity index (χ2v) is 6.22. The fourth-order valence-electron chi connectivity index (χ4n) is 2.97. The topological polar surface area (TPSA) is 84.1 Å². The minimum Gasteiger partial charge on any atom is -0.399 e. The monoisotopic (exact) mass is 395 g/mol.